The summed E-state index contributed by atoms with van der Waals surface area (Å²) in [4.78, 5) is 3.87. The van der Waals surface area contributed by atoms with Crippen LogP contribution in [0.1, 0.15) is 41.7 Å². The SMILES string of the molecule is CC1CCC(CN)(N(C)Cc2cccs2)c2ccccc21. The van der Waals surface area contributed by atoms with Crippen molar-refractivity contribution in [1.82, 2.24) is 4.90 Å². The average Bonchev–Trinajstić information content (AvgIpc) is 3.01. The number of thiophene rings is 1. The highest BCUT2D eigenvalue weighted by molar-refractivity contribution is 7.09. The van der Waals surface area contributed by atoms with Gasteiger partial charge in [-0.05, 0) is 48.4 Å². The van der Waals surface area contributed by atoms with E-state index in [0.717, 1.165) is 13.0 Å². The lowest BCUT2D eigenvalue weighted by Crippen LogP contribution is -2.51. The molecule has 0 spiro atoms. The number of benzene rings is 1. The van der Waals surface area contributed by atoms with Crippen LogP contribution in [0.4, 0.5) is 0 Å². The second kappa shape index (κ2) is 5.91. The van der Waals surface area contributed by atoms with E-state index in [2.05, 4.69) is 60.6 Å². The predicted molar refractivity (Wildman–Crippen MR) is 90.6 cm³/mol. The quantitative estimate of drug-likeness (QED) is 0.927. The van der Waals surface area contributed by atoms with Crippen LogP contribution in [0.2, 0.25) is 0 Å². The van der Waals surface area contributed by atoms with E-state index in [4.69, 9.17) is 5.73 Å². The summed E-state index contributed by atoms with van der Waals surface area (Å²) < 4.78 is 0. The van der Waals surface area contributed by atoms with E-state index in [0.29, 0.717) is 12.5 Å². The minimum absolute atomic E-state index is 0.0207. The monoisotopic (exact) mass is 300 g/mol. The van der Waals surface area contributed by atoms with Crippen molar-refractivity contribution in [3.63, 3.8) is 0 Å². The zero-order chi connectivity index (χ0) is 14.9. The van der Waals surface area contributed by atoms with Crippen molar-refractivity contribution in [2.24, 2.45) is 5.73 Å². The molecule has 2 aromatic rings. The van der Waals surface area contributed by atoms with Crippen molar-refractivity contribution in [3.05, 3.63) is 57.8 Å². The molecular weight excluding hydrogens is 276 g/mol. The molecule has 2 unspecified atom stereocenters. The molecule has 3 rings (SSSR count). The standard InChI is InChI=1S/C18H24N2S/c1-14-9-10-18(13-19,17-8-4-3-7-16(14)17)20(2)12-15-6-5-11-21-15/h3-8,11,14H,9-10,12-13,19H2,1-2H3. The second-order valence-corrected chi connectivity index (χ2v) is 7.23. The average molecular weight is 300 g/mol. The fourth-order valence-electron chi connectivity index (χ4n) is 3.65. The molecule has 0 fully saturated rings. The van der Waals surface area contributed by atoms with Gasteiger partial charge in [-0.1, -0.05) is 37.3 Å². The van der Waals surface area contributed by atoms with Crippen molar-refractivity contribution in [2.75, 3.05) is 13.6 Å². The molecule has 2 nitrogen and oxygen atoms in total. The lowest BCUT2D eigenvalue weighted by molar-refractivity contribution is 0.0931. The number of hydrogen-bond donors (Lipinski definition) is 1. The fraction of sp³-hybridized carbons (Fsp3) is 0.444. The lowest BCUT2D eigenvalue weighted by atomic mass is 9.71. The summed E-state index contributed by atoms with van der Waals surface area (Å²) in [5.41, 5.74) is 9.18. The summed E-state index contributed by atoms with van der Waals surface area (Å²) >= 11 is 1.82. The maximum atomic E-state index is 6.29. The molecule has 1 aliphatic carbocycles. The van der Waals surface area contributed by atoms with Gasteiger partial charge in [0.15, 0.2) is 0 Å². The molecule has 0 aliphatic heterocycles. The van der Waals surface area contributed by atoms with E-state index in [1.807, 2.05) is 11.3 Å². The number of nitrogens with two attached hydrogens (primary N) is 1. The minimum Gasteiger partial charge on any atom is -0.328 e. The second-order valence-electron chi connectivity index (χ2n) is 6.20. The van der Waals surface area contributed by atoms with Crippen LogP contribution in [-0.2, 0) is 12.1 Å². The molecule has 1 aromatic heterocycles. The van der Waals surface area contributed by atoms with Gasteiger partial charge < -0.3 is 5.73 Å². The van der Waals surface area contributed by atoms with Gasteiger partial charge in [0.1, 0.15) is 0 Å². The van der Waals surface area contributed by atoms with Gasteiger partial charge in [0, 0.05) is 18.0 Å². The van der Waals surface area contributed by atoms with E-state index in [1.165, 1.54) is 22.4 Å². The van der Waals surface area contributed by atoms with Crippen molar-refractivity contribution in [3.8, 4) is 0 Å². The lowest BCUT2D eigenvalue weighted by Gasteiger charge is -2.47. The first kappa shape index (κ1) is 14.8. The Morgan fingerprint density at radius 2 is 2.10 bits per heavy atom. The maximum Gasteiger partial charge on any atom is 0.0587 e. The topological polar surface area (TPSA) is 29.3 Å². The molecule has 0 radical (unpaired) electrons. The summed E-state index contributed by atoms with van der Waals surface area (Å²) in [6, 6.07) is 13.2. The van der Waals surface area contributed by atoms with Crippen LogP contribution in [0.15, 0.2) is 41.8 Å². The van der Waals surface area contributed by atoms with Crippen LogP contribution < -0.4 is 5.73 Å². The third kappa shape index (κ3) is 2.54. The molecule has 1 heterocycles. The van der Waals surface area contributed by atoms with E-state index in [-0.39, 0.29) is 5.54 Å². The van der Waals surface area contributed by atoms with Gasteiger partial charge in [-0.2, -0.15) is 0 Å². The highest BCUT2D eigenvalue weighted by Gasteiger charge is 2.40. The predicted octanol–water partition coefficient (Wildman–Crippen LogP) is 3.93. The van der Waals surface area contributed by atoms with Crippen LogP contribution in [0.5, 0.6) is 0 Å². The summed E-state index contributed by atoms with van der Waals surface area (Å²) in [6.45, 7) is 3.98. The molecular formula is C18H24N2S. The summed E-state index contributed by atoms with van der Waals surface area (Å²) in [5.74, 6) is 0.635. The molecule has 112 valence electrons. The first-order chi connectivity index (χ1) is 10.2. The molecule has 0 bridgehead atoms. The molecule has 0 saturated carbocycles. The molecule has 2 atom stereocenters. The van der Waals surface area contributed by atoms with Gasteiger partial charge in [0.25, 0.3) is 0 Å². The van der Waals surface area contributed by atoms with Gasteiger partial charge in [-0.25, -0.2) is 0 Å². The van der Waals surface area contributed by atoms with Crippen LogP contribution in [0.3, 0.4) is 0 Å². The number of hydrogen-bond acceptors (Lipinski definition) is 3. The number of likely N-dealkylation sites (N-methyl/N-ethyl adjacent to an activating group) is 1. The Hall–Kier alpha value is -1.16. The Bertz CT molecular complexity index is 593. The molecule has 21 heavy (non-hydrogen) atoms. The number of fused-ring (bicyclic) bond motifs is 1. The van der Waals surface area contributed by atoms with E-state index in [1.54, 1.807) is 0 Å². The van der Waals surface area contributed by atoms with Crippen molar-refractivity contribution in [2.45, 2.75) is 37.8 Å². The Balaban J connectivity index is 1.98. The molecule has 0 amide bonds. The highest BCUT2D eigenvalue weighted by Crippen LogP contribution is 2.44. The third-order valence-corrected chi connectivity index (χ3v) is 5.89. The molecule has 3 heteroatoms. The van der Waals surface area contributed by atoms with Gasteiger partial charge in [0.2, 0.25) is 0 Å². The van der Waals surface area contributed by atoms with Crippen LogP contribution >= 0.6 is 11.3 Å². The largest absolute Gasteiger partial charge is 0.328 e. The van der Waals surface area contributed by atoms with Crippen LogP contribution in [0.25, 0.3) is 0 Å². The Kier molecular flexibility index (Phi) is 4.16. The maximum absolute atomic E-state index is 6.29. The highest BCUT2D eigenvalue weighted by atomic mass is 32.1. The molecule has 1 aromatic carbocycles. The minimum atomic E-state index is -0.0207. The third-order valence-electron chi connectivity index (χ3n) is 5.03. The van der Waals surface area contributed by atoms with Crippen molar-refractivity contribution in [1.29, 1.82) is 0 Å². The normalized spacial score (nSPS) is 25.0. The summed E-state index contributed by atoms with van der Waals surface area (Å²) in [6.07, 6.45) is 2.35. The van der Waals surface area contributed by atoms with Crippen molar-refractivity contribution < 1.29 is 0 Å². The molecule has 2 N–H and O–H groups in total. The zero-order valence-corrected chi connectivity index (χ0v) is 13.7. The van der Waals surface area contributed by atoms with E-state index in [9.17, 15) is 0 Å². The van der Waals surface area contributed by atoms with E-state index < -0.39 is 0 Å². The van der Waals surface area contributed by atoms with Gasteiger partial charge in [-0.3, -0.25) is 4.90 Å². The summed E-state index contributed by atoms with van der Waals surface area (Å²) in [5, 5.41) is 2.15. The number of nitrogens with zero attached hydrogens (tertiary/aromatic N) is 1. The summed E-state index contributed by atoms with van der Waals surface area (Å²) in [7, 11) is 2.22. The number of rotatable bonds is 4. The Morgan fingerprint density at radius 1 is 1.29 bits per heavy atom. The Morgan fingerprint density at radius 3 is 2.81 bits per heavy atom. The first-order valence-electron chi connectivity index (χ1n) is 7.70. The Labute approximate surface area is 131 Å². The van der Waals surface area contributed by atoms with Gasteiger partial charge >= 0.3 is 0 Å². The molecule has 0 saturated heterocycles. The zero-order valence-electron chi connectivity index (χ0n) is 12.9. The fourth-order valence-corrected chi connectivity index (χ4v) is 4.41. The smallest absolute Gasteiger partial charge is 0.0587 e. The van der Waals surface area contributed by atoms with Gasteiger partial charge in [0.05, 0.1) is 5.54 Å². The van der Waals surface area contributed by atoms with Gasteiger partial charge in [-0.15, -0.1) is 11.3 Å². The first-order valence-corrected chi connectivity index (χ1v) is 8.58. The van der Waals surface area contributed by atoms with Crippen LogP contribution in [-0.4, -0.2) is 18.5 Å². The van der Waals surface area contributed by atoms with E-state index >= 15 is 0 Å². The molecule has 1 aliphatic rings. The van der Waals surface area contributed by atoms with Crippen molar-refractivity contribution >= 4 is 11.3 Å². The van der Waals surface area contributed by atoms with Crippen LogP contribution in [0, 0.1) is 0 Å².